The Morgan fingerprint density at radius 1 is 1.13 bits per heavy atom. The molecule has 4 rings (SSSR count). The van der Waals surface area contributed by atoms with Crippen LogP contribution in [0, 0.1) is 5.92 Å². The predicted molar refractivity (Wildman–Crippen MR) is 112 cm³/mol. The summed E-state index contributed by atoms with van der Waals surface area (Å²) in [5.41, 5.74) is 0.416. The van der Waals surface area contributed by atoms with E-state index in [1.54, 1.807) is 30.3 Å². The first-order valence-corrected chi connectivity index (χ1v) is 11.4. The molecule has 2 amide bonds. The first-order chi connectivity index (χ1) is 14.3. The number of hydrogen-bond donors (Lipinski definition) is 0. The van der Waals surface area contributed by atoms with Crippen molar-refractivity contribution < 1.29 is 18.0 Å². The van der Waals surface area contributed by atoms with Gasteiger partial charge in [0, 0.05) is 38.6 Å². The van der Waals surface area contributed by atoms with E-state index < -0.39 is 21.8 Å². The number of aromatic nitrogens is 2. The number of sulfonamides is 1. The molecule has 9 nitrogen and oxygen atoms in total. The topological polar surface area (TPSA) is 104 Å². The van der Waals surface area contributed by atoms with Crippen molar-refractivity contribution in [2.45, 2.75) is 6.92 Å². The van der Waals surface area contributed by atoms with Crippen LogP contribution in [0.5, 0.6) is 0 Å². The van der Waals surface area contributed by atoms with Gasteiger partial charge in [-0.1, -0.05) is 18.5 Å². The lowest BCUT2D eigenvalue weighted by molar-refractivity contribution is -0.119. The van der Waals surface area contributed by atoms with Crippen molar-refractivity contribution >= 4 is 45.1 Å². The number of amides is 2. The molecule has 3 heterocycles. The Labute approximate surface area is 179 Å². The van der Waals surface area contributed by atoms with E-state index in [0.717, 1.165) is 4.31 Å². The largest absolute Gasteiger partial charge is 0.337 e. The smallest absolute Gasteiger partial charge is 0.255 e. The van der Waals surface area contributed by atoms with Gasteiger partial charge in [-0.25, -0.2) is 22.7 Å². The summed E-state index contributed by atoms with van der Waals surface area (Å²) in [5, 5.41) is 0.105. The molecule has 1 aromatic carbocycles. The molecule has 2 aromatic rings. The summed E-state index contributed by atoms with van der Waals surface area (Å²) in [6.07, 6.45) is 3.35. The van der Waals surface area contributed by atoms with Crippen LogP contribution in [-0.4, -0.2) is 67.0 Å². The zero-order valence-corrected chi connectivity index (χ0v) is 17.8. The Balaban J connectivity index is 1.49. The summed E-state index contributed by atoms with van der Waals surface area (Å²) in [7, 11) is -3.73. The summed E-state index contributed by atoms with van der Waals surface area (Å²) >= 11 is 6.31. The third kappa shape index (κ3) is 3.72. The molecule has 1 aromatic heterocycles. The molecule has 0 spiro atoms. The van der Waals surface area contributed by atoms with Gasteiger partial charge in [-0.15, -0.1) is 0 Å². The third-order valence-electron chi connectivity index (χ3n) is 5.18. The summed E-state index contributed by atoms with van der Waals surface area (Å²) in [6, 6.07) is 6.02. The van der Waals surface area contributed by atoms with Crippen molar-refractivity contribution in [2.75, 3.05) is 41.1 Å². The molecule has 11 heteroatoms. The van der Waals surface area contributed by atoms with Crippen LogP contribution in [0.4, 0.5) is 11.6 Å². The van der Waals surface area contributed by atoms with E-state index in [4.69, 9.17) is 11.6 Å². The molecule has 0 radical (unpaired) electrons. The molecule has 2 saturated heterocycles. The highest BCUT2D eigenvalue weighted by Crippen LogP contribution is 2.32. The van der Waals surface area contributed by atoms with Crippen molar-refractivity contribution in [1.29, 1.82) is 0 Å². The second-order valence-electron chi connectivity index (χ2n) is 7.27. The summed E-state index contributed by atoms with van der Waals surface area (Å²) in [4.78, 5) is 37.3. The van der Waals surface area contributed by atoms with E-state index in [-0.39, 0.29) is 27.9 Å². The molecule has 0 aliphatic carbocycles. The van der Waals surface area contributed by atoms with Gasteiger partial charge < -0.3 is 9.80 Å². The van der Waals surface area contributed by atoms with E-state index in [2.05, 4.69) is 9.97 Å². The van der Waals surface area contributed by atoms with Gasteiger partial charge in [-0.05, 0) is 24.3 Å². The van der Waals surface area contributed by atoms with Crippen molar-refractivity contribution in [2.24, 2.45) is 5.92 Å². The highest BCUT2D eigenvalue weighted by molar-refractivity contribution is 7.94. The van der Waals surface area contributed by atoms with Crippen LogP contribution in [0.1, 0.15) is 17.3 Å². The monoisotopic (exact) mass is 449 g/mol. The highest BCUT2D eigenvalue weighted by Gasteiger charge is 2.42. The molecule has 0 N–H and O–H groups in total. The quantitative estimate of drug-likeness (QED) is 0.697. The first kappa shape index (κ1) is 20.5. The van der Waals surface area contributed by atoms with Crippen molar-refractivity contribution in [3.8, 4) is 0 Å². The molecule has 2 aliphatic heterocycles. The second kappa shape index (κ2) is 7.84. The number of anilines is 2. The maximum absolute atomic E-state index is 12.9. The molecule has 1 atom stereocenters. The Bertz CT molecular complexity index is 1090. The molecule has 0 unspecified atom stereocenters. The fourth-order valence-electron chi connectivity index (χ4n) is 3.63. The van der Waals surface area contributed by atoms with Crippen molar-refractivity contribution in [3.05, 3.63) is 47.2 Å². The van der Waals surface area contributed by atoms with Crippen LogP contribution >= 0.6 is 11.6 Å². The fourth-order valence-corrected chi connectivity index (χ4v) is 5.69. The fraction of sp³-hybridized carbons (Fsp3) is 0.368. The Kier molecular flexibility index (Phi) is 5.37. The standard InChI is InChI=1S/C19H20ClN5O4S/c1-13-12-30(28,29)25(17(13)26)14-3-4-15(16(20)11-14)18(27)23-7-9-24(10-8-23)19-21-5-2-6-22-19/h2-6,11,13H,7-10,12H2,1H3/t13-/m0/s1. The minimum Gasteiger partial charge on any atom is -0.337 e. The third-order valence-corrected chi connectivity index (χ3v) is 7.36. The molecule has 158 valence electrons. The Morgan fingerprint density at radius 2 is 1.80 bits per heavy atom. The molecule has 0 saturated carbocycles. The van der Waals surface area contributed by atoms with E-state index in [1.165, 1.54) is 18.2 Å². The number of benzene rings is 1. The molecule has 2 aliphatic rings. The molecule has 0 bridgehead atoms. The molecule has 2 fully saturated rings. The number of carbonyl (C=O) groups is 2. The number of halogens is 1. The van der Waals surface area contributed by atoms with Gasteiger partial charge in [-0.2, -0.15) is 0 Å². The first-order valence-electron chi connectivity index (χ1n) is 9.45. The van der Waals surface area contributed by atoms with Crippen molar-refractivity contribution in [1.82, 2.24) is 14.9 Å². The van der Waals surface area contributed by atoms with Crippen molar-refractivity contribution in [3.63, 3.8) is 0 Å². The van der Waals surface area contributed by atoms with Crippen LogP contribution in [0.15, 0.2) is 36.7 Å². The van der Waals surface area contributed by atoms with Gasteiger partial charge >= 0.3 is 0 Å². The lowest BCUT2D eigenvalue weighted by Gasteiger charge is -2.34. The summed E-state index contributed by atoms with van der Waals surface area (Å²) < 4.78 is 25.3. The predicted octanol–water partition coefficient (Wildman–Crippen LogP) is 1.40. The lowest BCUT2D eigenvalue weighted by Crippen LogP contribution is -2.49. The van der Waals surface area contributed by atoms with Crippen LogP contribution in [-0.2, 0) is 14.8 Å². The maximum atomic E-state index is 12.9. The Hall–Kier alpha value is -2.72. The molecular formula is C19H20ClN5O4S. The lowest BCUT2D eigenvalue weighted by atomic mass is 10.1. The maximum Gasteiger partial charge on any atom is 0.255 e. The van der Waals surface area contributed by atoms with Gasteiger partial charge in [0.15, 0.2) is 0 Å². The molecular weight excluding hydrogens is 430 g/mol. The average Bonchev–Trinajstić information content (AvgIpc) is 2.94. The summed E-state index contributed by atoms with van der Waals surface area (Å²) in [5.74, 6) is -0.967. The summed E-state index contributed by atoms with van der Waals surface area (Å²) in [6.45, 7) is 3.70. The van der Waals surface area contributed by atoms with E-state index in [0.29, 0.717) is 32.1 Å². The minimum absolute atomic E-state index is 0.105. The zero-order valence-electron chi connectivity index (χ0n) is 16.2. The van der Waals surface area contributed by atoms with Gasteiger partial charge in [0.2, 0.25) is 21.9 Å². The molecule has 30 heavy (non-hydrogen) atoms. The zero-order chi connectivity index (χ0) is 21.5. The van der Waals surface area contributed by atoms with Crippen LogP contribution in [0.25, 0.3) is 0 Å². The van der Waals surface area contributed by atoms with E-state index in [1.807, 2.05) is 4.90 Å². The number of piperazine rings is 1. The number of nitrogens with zero attached hydrogens (tertiary/aromatic N) is 5. The normalized spacial score (nSPS) is 21.2. The van der Waals surface area contributed by atoms with Crippen LogP contribution in [0.2, 0.25) is 5.02 Å². The van der Waals surface area contributed by atoms with Crippen LogP contribution < -0.4 is 9.21 Å². The van der Waals surface area contributed by atoms with Crippen LogP contribution in [0.3, 0.4) is 0 Å². The number of carbonyl (C=O) groups excluding carboxylic acids is 2. The van der Waals surface area contributed by atoms with E-state index >= 15 is 0 Å². The van der Waals surface area contributed by atoms with Gasteiger partial charge in [0.25, 0.3) is 5.91 Å². The van der Waals surface area contributed by atoms with Gasteiger partial charge in [0.05, 0.1) is 27.9 Å². The van der Waals surface area contributed by atoms with Gasteiger partial charge in [0.1, 0.15) is 0 Å². The van der Waals surface area contributed by atoms with E-state index in [9.17, 15) is 18.0 Å². The number of rotatable bonds is 3. The number of hydrogen-bond acceptors (Lipinski definition) is 7. The highest BCUT2D eigenvalue weighted by atomic mass is 35.5. The Morgan fingerprint density at radius 3 is 2.37 bits per heavy atom. The average molecular weight is 450 g/mol. The SMILES string of the molecule is C[C@H]1CS(=O)(=O)N(c2ccc(C(=O)N3CCN(c4ncccn4)CC3)c(Cl)c2)C1=O. The second-order valence-corrected chi connectivity index (χ2v) is 9.54. The minimum atomic E-state index is -3.73. The van der Waals surface area contributed by atoms with Gasteiger partial charge in [-0.3, -0.25) is 9.59 Å².